The maximum absolute atomic E-state index is 5.69. The Balaban J connectivity index is 2.09. The summed E-state index contributed by atoms with van der Waals surface area (Å²) in [7, 11) is 0. The van der Waals surface area contributed by atoms with Crippen molar-refractivity contribution in [3.05, 3.63) is 11.1 Å². The number of nitrogens with zero attached hydrogens (tertiary/aromatic N) is 2. The van der Waals surface area contributed by atoms with Crippen LogP contribution in [0.4, 0.5) is 0 Å². The SMILES string of the molecule is CC1CC(C)CC(C(NN)c2cnns2)C1. The van der Waals surface area contributed by atoms with Crippen molar-refractivity contribution in [2.75, 3.05) is 0 Å². The van der Waals surface area contributed by atoms with Crippen LogP contribution < -0.4 is 11.3 Å². The second-order valence-corrected chi connectivity index (χ2v) is 5.96. The van der Waals surface area contributed by atoms with Crippen LogP contribution in [0.25, 0.3) is 0 Å². The first-order chi connectivity index (χ1) is 7.70. The first-order valence-electron chi connectivity index (χ1n) is 5.94. The van der Waals surface area contributed by atoms with Gasteiger partial charge in [0.1, 0.15) is 0 Å². The first-order valence-corrected chi connectivity index (χ1v) is 6.71. The maximum atomic E-state index is 5.69. The fraction of sp³-hybridized carbons (Fsp3) is 0.818. The molecule has 1 aromatic rings. The van der Waals surface area contributed by atoms with Crippen LogP contribution in [0, 0.1) is 17.8 Å². The minimum atomic E-state index is 0.227. The summed E-state index contributed by atoms with van der Waals surface area (Å²) in [5, 5.41) is 3.90. The molecule has 1 heterocycles. The average Bonchev–Trinajstić information content (AvgIpc) is 2.70. The molecular formula is C11H20N4S. The lowest BCUT2D eigenvalue weighted by Gasteiger charge is -2.35. The lowest BCUT2D eigenvalue weighted by Crippen LogP contribution is -2.36. The molecule has 2 rings (SSSR count). The molecule has 0 spiro atoms. The molecule has 1 aliphatic carbocycles. The monoisotopic (exact) mass is 240 g/mol. The molecule has 0 bridgehead atoms. The van der Waals surface area contributed by atoms with E-state index < -0.39 is 0 Å². The largest absolute Gasteiger partial charge is 0.271 e. The van der Waals surface area contributed by atoms with Crippen molar-refractivity contribution >= 4 is 11.5 Å². The van der Waals surface area contributed by atoms with E-state index in [0.29, 0.717) is 5.92 Å². The summed E-state index contributed by atoms with van der Waals surface area (Å²) < 4.78 is 3.92. The van der Waals surface area contributed by atoms with Gasteiger partial charge in [-0.15, -0.1) is 5.10 Å². The quantitative estimate of drug-likeness (QED) is 0.627. The van der Waals surface area contributed by atoms with E-state index in [0.717, 1.165) is 16.7 Å². The summed E-state index contributed by atoms with van der Waals surface area (Å²) in [4.78, 5) is 1.16. The average molecular weight is 240 g/mol. The molecule has 1 saturated carbocycles. The fourth-order valence-electron chi connectivity index (χ4n) is 3.04. The molecule has 5 heteroatoms. The number of hydrazine groups is 1. The minimum Gasteiger partial charge on any atom is -0.271 e. The summed E-state index contributed by atoms with van der Waals surface area (Å²) in [6.07, 6.45) is 5.67. The Bertz CT molecular complexity index is 304. The highest BCUT2D eigenvalue weighted by Crippen LogP contribution is 2.39. The minimum absolute atomic E-state index is 0.227. The molecule has 4 nitrogen and oxygen atoms in total. The predicted molar refractivity (Wildman–Crippen MR) is 65.6 cm³/mol. The van der Waals surface area contributed by atoms with Crippen molar-refractivity contribution in [1.29, 1.82) is 0 Å². The summed E-state index contributed by atoms with van der Waals surface area (Å²) in [6.45, 7) is 4.67. The Kier molecular flexibility index (Phi) is 3.89. The van der Waals surface area contributed by atoms with Gasteiger partial charge in [0.2, 0.25) is 0 Å². The standard InChI is InChI=1S/C11H20N4S/c1-7-3-8(2)5-9(4-7)11(14-12)10-6-13-15-16-10/h6-9,11,14H,3-5,12H2,1-2H3. The van der Waals surface area contributed by atoms with E-state index in [1.165, 1.54) is 30.8 Å². The van der Waals surface area contributed by atoms with E-state index in [1.807, 2.05) is 6.20 Å². The number of hydrogen-bond acceptors (Lipinski definition) is 5. The molecule has 0 saturated heterocycles. The molecule has 1 fully saturated rings. The van der Waals surface area contributed by atoms with Crippen LogP contribution in [0.2, 0.25) is 0 Å². The van der Waals surface area contributed by atoms with E-state index in [4.69, 9.17) is 5.84 Å². The van der Waals surface area contributed by atoms with Gasteiger partial charge in [-0.3, -0.25) is 11.3 Å². The Morgan fingerprint density at radius 3 is 2.56 bits per heavy atom. The Hall–Kier alpha value is -0.520. The topological polar surface area (TPSA) is 63.8 Å². The predicted octanol–water partition coefficient (Wildman–Crippen LogP) is 2.11. The zero-order chi connectivity index (χ0) is 11.5. The van der Waals surface area contributed by atoms with E-state index >= 15 is 0 Å². The van der Waals surface area contributed by atoms with Gasteiger partial charge in [0.15, 0.2) is 0 Å². The highest BCUT2D eigenvalue weighted by Gasteiger charge is 2.31. The van der Waals surface area contributed by atoms with Gasteiger partial charge in [-0.1, -0.05) is 18.3 Å². The van der Waals surface area contributed by atoms with Gasteiger partial charge >= 0.3 is 0 Å². The smallest absolute Gasteiger partial charge is 0.0669 e. The summed E-state index contributed by atoms with van der Waals surface area (Å²) in [5.74, 6) is 7.90. The van der Waals surface area contributed by atoms with Gasteiger partial charge < -0.3 is 0 Å². The first kappa shape index (κ1) is 12.0. The van der Waals surface area contributed by atoms with E-state index in [2.05, 4.69) is 28.9 Å². The highest BCUT2D eigenvalue weighted by atomic mass is 32.1. The van der Waals surface area contributed by atoms with Crippen LogP contribution in [-0.4, -0.2) is 9.59 Å². The second-order valence-electron chi connectivity index (χ2n) is 5.14. The van der Waals surface area contributed by atoms with Crippen LogP contribution in [0.5, 0.6) is 0 Å². The van der Waals surface area contributed by atoms with Gasteiger partial charge in [0, 0.05) is 0 Å². The van der Waals surface area contributed by atoms with Crippen LogP contribution in [0.3, 0.4) is 0 Å². The van der Waals surface area contributed by atoms with Crippen LogP contribution in [0.1, 0.15) is 44.0 Å². The van der Waals surface area contributed by atoms with Crippen LogP contribution in [-0.2, 0) is 0 Å². The van der Waals surface area contributed by atoms with Crippen molar-refractivity contribution in [3.8, 4) is 0 Å². The molecule has 3 atom stereocenters. The molecule has 90 valence electrons. The van der Waals surface area contributed by atoms with Gasteiger partial charge in [-0.25, -0.2) is 0 Å². The fourth-order valence-corrected chi connectivity index (χ4v) is 3.70. The molecule has 1 aliphatic rings. The van der Waals surface area contributed by atoms with Crippen molar-refractivity contribution in [3.63, 3.8) is 0 Å². The number of hydrogen-bond donors (Lipinski definition) is 2. The number of aromatic nitrogens is 2. The van der Waals surface area contributed by atoms with E-state index in [9.17, 15) is 0 Å². The van der Waals surface area contributed by atoms with Gasteiger partial charge in [0.25, 0.3) is 0 Å². The summed E-state index contributed by atoms with van der Waals surface area (Å²) in [5.41, 5.74) is 2.95. The lowest BCUT2D eigenvalue weighted by atomic mass is 9.73. The van der Waals surface area contributed by atoms with E-state index in [-0.39, 0.29) is 6.04 Å². The van der Waals surface area contributed by atoms with Crippen molar-refractivity contribution in [1.82, 2.24) is 15.0 Å². The molecule has 3 unspecified atom stereocenters. The molecule has 0 aliphatic heterocycles. The third kappa shape index (κ3) is 2.59. The number of nitrogens with one attached hydrogen (secondary N) is 1. The Morgan fingerprint density at radius 1 is 1.38 bits per heavy atom. The molecule has 0 aromatic carbocycles. The van der Waals surface area contributed by atoms with Crippen LogP contribution in [0.15, 0.2) is 6.20 Å². The lowest BCUT2D eigenvalue weighted by molar-refractivity contribution is 0.178. The van der Waals surface area contributed by atoms with Gasteiger partial charge in [-0.2, -0.15) is 0 Å². The van der Waals surface area contributed by atoms with Crippen LogP contribution >= 0.6 is 11.5 Å². The Morgan fingerprint density at radius 2 is 2.06 bits per heavy atom. The molecule has 0 radical (unpaired) electrons. The van der Waals surface area contributed by atoms with Gasteiger partial charge in [-0.05, 0) is 48.5 Å². The third-order valence-corrected chi connectivity index (χ3v) is 4.30. The van der Waals surface area contributed by atoms with Crippen molar-refractivity contribution < 1.29 is 0 Å². The molecule has 3 N–H and O–H groups in total. The number of rotatable bonds is 3. The van der Waals surface area contributed by atoms with Gasteiger partial charge in [0.05, 0.1) is 17.1 Å². The van der Waals surface area contributed by atoms with Crippen molar-refractivity contribution in [2.24, 2.45) is 23.6 Å². The zero-order valence-corrected chi connectivity index (χ0v) is 10.7. The van der Waals surface area contributed by atoms with Crippen molar-refractivity contribution in [2.45, 2.75) is 39.2 Å². The summed E-state index contributed by atoms with van der Waals surface area (Å²) in [6, 6.07) is 0.227. The third-order valence-electron chi connectivity index (χ3n) is 3.55. The Labute approximate surface area is 101 Å². The molecule has 0 amide bonds. The molecule has 16 heavy (non-hydrogen) atoms. The second kappa shape index (κ2) is 5.21. The maximum Gasteiger partial charge on any atom is 0.0669 e. The molecular weight excluding hydrogens is 220 g/mol. The molecule has 1 aromatic heterocycles. The number of nitrogens with two attached hydrogens (primary N) is 1. The normalized spacial score (nSPS) is 32.6. The van der Waals surface area contributed by atoms with E-state index in [1.54, 1.807) is 0 Å². The highest BCUT2D eigenvalue weighted by molar-refractivity contribution is 7.05. The summed E-state index contributed by atoms with van der Waals surface area (Å²) >= 11 is 1.45. The zero-order valence-electron chi connectivity index (χ0n) is 9.89.